The SMILES string of the molecule is CC(C)(Br)c1ccc2cc(C(C)(C)Br)ccc2c1. The van der Waals surface area contributed by atoms with Crippen LogP contribution < -0.4 is 0 Å². The van der Waals surface area contributed by atoms with E-state index in [1.54, 1.807) is 0 Å². The zero-order valence-electron chi connectivity index (χ0n) is 11.2. The highest BCUT2D eigenvalue weighted by atomic mass is 79.9. The summed E-state index contributed by atoms with van der Waals surface area (Å²) in [6, 6.07) is 13.3. The van der Waals surface area contributed by atoms with Gasteiger partial charge in [-0.3, -0.25) is 0 Å². The van der Waals surface area contributed by atoms with E-state index in [1.807, 2.05) is 0 Å². The van der Waals surface area contributed by atoms with Crippen LogP contribution >= 0.6 is 31.9 Å². The maximum atomic E-state index is 3.71. The second-order valence-corrected chi connectivity index (χ2v) is 9.69. The number of benzene rings is 2. The first kappa shape index (κ1) is 14.1. The summed E-state index contributed by atoms with van der Waals surface area (Å²) >= 11 is 7.42. The summed E-state index contributed by atoms with van der Waals surface area (Å²) in [5.41, 5.74) is 2.61. The van der Waals surface area contributed by atoms with Crippen molar-refractivity contribution < 1.29 is 0 Å². The second kappa shape index (κ2) is 4.64. The van der Waals surface area contributed by atoms with E-state index in [-0.39, 0.29) is 8.65 Å². The Morgan fingerprint density at radius 3 is 1.28 bits per heavy atom. The van der Waals surface area contributed by atoms with Gasteiger partial charge in [0.15, 0.2) is 0 Å². The monoisotopic (exact) mass is 368 g/mol. The Bertz CT molecular complexity index is 518. The van der Waals surface area contributed by atoms with Gasteiger partial charge in [0.1, 0.15) is 0 Å². The van der Waals surface area contributed by atoms with Crippen molar-refractivity contribution in [3.63, 3.8) is 0 Å². The van der Waals surface area contributed by atoms with Gasteiger partial charge in [0.25, 0.3) is 0 Å². The molecule has 0 aromatic heterocycles. The second-order valence-electron chi connectivity index (χ2n) is 5.72. The van der Waals surface area contributed by atoms with Gasteiger partial charge in [0.05, 0.1) is 0 Å². The number of halogens is 2. The molecule has 0 atom stereocenters. The van der Waals surface area contributed by atoms with E-state index in [4.69, 9.17) is 0 Å². The Balaban J connectivity index is 2.56. The molecule has 0 aliphatic heterocycles. The Morgan fingerprint density at radius 2 is 1.00 bits per heavy atom. The minimum Gasteiger partial charge on any atom is -0.0807 e. The van der Waals surface area contributed by atoms with Crippen molar-refractivity contribution in [3.05, 3.63) is 47.5 Å². The van der Waals surface area contributed by atoms with Crippen LogP contribution in [0.25, 0.3) is 10.8 Å². The molecule has 2 aromatic rings. The minimum atomic E-state index is 0.0224. The molecule has 18 heavy (non-hydrogen) atoms. The molecule has 0 spiro atoms. The van der Waals surface area contributed by atoms with Crippen LogP contribution in [0.4, 0.5) is 0 Å². The molecule has 0 nitrogen and oxygen atoms in total. The van der Waals surface area contributed by atoms with Crippen LogP contribution in [-0.4, -0.2) is 0 Å². The van der Waals surface area contributed by atoms with Gasteiger partial charge < -0.3 is 0 Å². The lowest BCUT2D eigenvalue weighted by Gasteiger charge is -2.19. The van der Waals surface area contributed by atoms with Crippen LogP contribution in [0, 0.1) is 0 Å². The summed E-state index contributed by atoms with van der Waals surface area (Å²) in [7, 11) is 0. The molecule has 2 aromatic carbocycles. The summed E-state index contributed by atoms with van der Waals surface area (Å²) in [5, 5.41) is 2.58. The summed E-state index contributed by atoms with van der Waals surface area (Å²) in [4.78, 5) is 0. The van der Waals surface area contributed by atoms with Crippen molar-refractivity contribution >= 4 is 42.6 Å². The van der Waals surface area contributed by atoms with Gasteiger partial charge in [-0.05, 0) is 61.7 Å². The molecule has 0 saturated carbocycles. The molecular weight excluding hydrogens is 352 g/mol. The molecule has 96 valence electrons. The molecule has 0 heterocycles. The quantitative estimate of drug-likeness (QED) is 0.561. The van der Waals surface area contributed by atoms with Gasteiger partial charge in [-0.2, -0.15) is 0 Å². The Labute approximate surface area is 126 Å². The van der Waals surface area contributed by atoms with Gasteiger partial charge in [0, 0.05) is 8.65 Å². The standard InChI is InChI=1S/C16H18Br2/c1-15(2,17)13-7-5-12-10-14(16(3,4)18)8-6-11(12)9-13/h5-10H,1-4H3. The van der Waals surface area contributed by atoms with E-state index in [9.17, 15) is 0 Å². The third-order valence-corrected chi connectivity index (χ3v) is 4.13. The zero-order chi connectivity index (χ0) is 13.6. The smallest absolute Gasteiger partial charge is 0.0450 e. The predicted octanol–water partition coefficient (Wildman–Crippen LogP) is 6.10. The Morgan fingerprint density at radius 1 is 0.667 bits per heavy atom. The largest absolute Gasteiger partial charge is 0.0807 e. The van der Waals surface area contributed by atoms with Gasteiger partial charge in [-0.25, -0.2) is 0 Å². The summed E-state index contributed by atoms with van der Waals surface area (Å²) in [5.74, 6) is 0. The topological polar surface area (TPSA) is 0 Å². The first-order chi connectivity index (χ1) is 8.18. The highest BCUT2D eigenvalue weighted by Crippen LogP contribution is 2.35. The van der Waals surface area contributed by atoms with Gasteiger partial charge in [0.2, 0.25) is 0 Å². The van der Waals surface area contributed by atoms with E-state index < -0.39 is 0 Å². The van der Waals surface area contributed by atoms with Gasteiger partial charge >= 0.3 is 0 Å². The van der Waals surface area contributed by atoms with Crippen molar-refractivity contribution in [3.8, 4) is 0 Å². The highest BCUT2D eigenvalue weighted by Gasteiger charge is 2.18. The fraction of sp³-hybridized carbons (Fsp3) is 0.375. The third kappa shape index (κ3) is 2.97. The van der Waals surface area contributed by atoms with Crippen molar-refractivity contribution in [1.29, 1.82) is 0 Å². The number of hydrogen-bond donors (Lipinski definition) is 0. The lowest BCUT2D eigenvalue weighted by molar-refractivity contribution is 0.802. The molecule has 0 unspecified atom stereocenters. The normalized spacial score (nSPS) is 13.0. The third-order valence-electron chi connectivity index (χ3n) is 3.21. The average Bonchev–Trinajstić information content (AvgIpc) is 2.25. The molecule has 0 aliphatic carbocycles. The first-order valence-corrected chi connectivity index (χ1v) is 7.69. The highest BCUT2D eigenvalue weighted by molar-refractivity contribution is 9.09. The molecule has 0 amide bonds. The molecule has 2 heteroatoms. The number of alkyl halides is 2. The van der Waals surface area contributed by atoms with E-state index in [0.717, 1.165) is 0 Å². The van der Waals surface area contributed by atoms with Crippen molar-refractivity contribution in [2.75, 3.05) is 0 Å². The average molecular weight is 370 g/mol. The van der Waals surface area contributed by atoms with E-state index in [0.29, 0.717) is 0 Å². The van der Waals surface area contributed by atoms with E-state index >= 15 is 0 Å². The van der Waals surface area contributed by atoms with Crippen LogP contribution in [0.5, 0.6) is 0 Å². The van der Waals surface area contributed by atoms with E-state index in [1.165, 1.54) is 21.9 Å². The van der Waals surface area contributed by atoms with Crippen LogP contribution in [0.2, 0.25) is 0 Å². The molecular formula is C16H18Br2. The van der Waals surface area contributed by atoms with Crippen molar-refractivity contribution in [1.82, 2.24) is 0 Å². The molecule has 0 fully saturated rings. The van der Waals surface area contributed by atoms with Crippen LogP contribution in [-0.2, 0) is 8.65 Å². The lowest BCUT2D eigenvalue weighted by atomic mass is 9.95. The van der Waals surface area contributed by atoms with Crippen molar-refractivity contribution in [2.24, 2.45) is 0 Å². The number of rotatable bonds is 2. The van der Waals surface area contributed by atoms with E-state index in [2.05, 4.69) is 96.0 Å². The maximum absolute atomic E-state index is 3.71. The lowest BCUT2D eigenvalue weighted by Crippen LogP contribution is -2.07. The zero-order valence-corrected chi connectivity index (χ0v) is 14.4. The van der Waals surface area contributed by atoms with Gasteiger partial charge in [-0.15, -0.1) is 0 Å². The van der Waals surface area contributed by atoms with Crippen LogP contribution in [0.3, 0.4) is 0 Å². The summed E-state index contributed by atoms with van der Waals surface area (Å²) in [6.07, 6.45) is 0. The fourth-order valence-electron chi connectivity index (χ4n) is 1.99. The maximum Gasteiger partial charge on any atom is 0.0450 e. The predicted molar refractivity (Wildman–Crippen MR) is 87.9 cm³/mol. The van der Waals surface area contributed by atoms with Gasteiger partial charge in [-0.1, -0.05) is 56.1 Å². The summed E-state index contributed by atoms with van der Waals surface area (Å²) < 4.78 is 0.0448. The molecule has 0 aliphatic rings. The van der Waals surface area contributed by atoms with Crippen LogP contribution in [0.1, 0.15) is 38.8 Å². The summed E-state index contributed by atoms with van der Waals surface area (Å²) in [6.45, 7) is 8.68. The molecule has 0 radical (unpaired) electrons. The Kier molecular flexibility index (Phi) is 3.63. The first-order valence-electron chi connectivity index (χ1n) is 6.10. The molecule has 0 N–H and O–H groups in total. The fourth-order valence-corrected chi connectivity index (χ4v) is 2.48. The number of fused-ring (bicyclic) bond motifs is 1. The molecule has 0 saturated heterocycles. The molecule has 2 rings (SSSR count). The van der Waals surface area contributed by atoms with Crippen molar-refractivity contribution in [2.45, 2.75) is 36.3 Å². The Hall–Kier alpha value is -0.340. The number of hydrogen-bond acceptors (Lipinski definition) is 0. The van der Waals surface area contributed by atoms with Crippen LogP contribution in [0.15, 0.2) is 36.4 Å². The minimum absolute atomic E-state index is 0.0224. The molecule has 0 bridgehead atoms.